The first-order valence-electron chi connectivity index (χ1n) is 14.0. The van der Waals surface area contributed by atoms with Crippen molar-refractivity contribution in [1.29, 1.82) is 10.5 Å². The number of nitriles is 2. The molecule has 0 aliphatic rings. The molecule has 0 atom stereocenters. The topological polar surface area (TPSA) is 74.7 Å². The van der Waals surface area contributed by atoms with Gasteiger partial charge in [-0.3, -0.25) is 4.57 Å². The highest BCUT2D eigenvalue weighted by molar-refractivity contribution is 6.11. The van der Waals surface area contributed by atoms with E-state index in [0.29, 0.717) is 16.8 Å². The second-order valence-electron chi connectivity index (χ2n) is 10.6. The molecule has 0 N–H and O–H groups in total. The summed E-state index contributed by atoms with van der Waals surface area (Å²) < 4.78 is 4.34. The molecule has 3 heterocycles. The van der Waals surface area contributed by atoms with E-state index in [0.717, 1.165) is 66.2 Å². The molecule has 0 saturated carbocycles. The summed E-state index contributed by atoms with van der Waals surface area (Å²) in [7, 11) is 0. The van der Waals surface area contributed by atoms with Crippen LogP contribution in [-0.4, -0.2) is 14.1 Å². The van der Waals surface area contributed by atoms with Gasteiger partial charge in [0.15, 0.2) is 5.69 Å². The highest BCUT2D eigenvalue weighted by Gasteiger charge is 2.19. The summed E-state index contributed by atoms with van der Waals surface area (Å²) in [6.45, 7) is 7.57. The lowest BCUT2D eigenvalue weighted by atomic mass is 10.0. The first-order chi connectivity index (χ1) is 21.7. The molecule has 0 saturated heterocycles. The third-order valence-corrected chi connectivity index (χ3v) is 8.25. The van der Waals surface area contributed by atoms with Crippen LogP contribution in [0.3, 0.4) is 0 Å². The molecule has 44 heavy (non-hydrogen) atoms. The molecule has 8 rings (SSSR count). The number of benzene rings is 5. The first-order valence-corrected chi connectivity index (χ1v) is 14.0. The molecule has 0 aliphatic heterocycles. The van der Waals surface area contributed by atoms with Crippen LogP contribution >= 0.6 is 0 Å². The number of pyridine rings is 1. The minimum Gasteiger partial charge on any atom is -0.307 e. The third-order valence-electron chi connectivity index (χ3n) is 8.25. The number of hydrogen-bond acceptors (Lipinski definition) is 3. The van der Waals surface area contributed by atoms with E-state index in [1.54, 1.807) is 0 Å². The van der Waals surface area contributed by atoms with Crippen LogP contribution in [0, 0.1) is 29.2 Å². The van der Waals surface area contributed by atoms with Crippen molar-refractivity contribution in [1.82, 2.24) is 14.1 Å². The minimum absolute atomic E-state index is 0.587. The highest BCUT2D eigenvalue weighted by atomic mass is 15.1. The molecule has 0 amide bonds. The Hall–Kier alpha value is -6.68. The SMILES string of the molecule is [C-]#[N+]c1ccc2c(c1)c1ccccc1n2-c1cnc(-n2c3ccccc3c3cc(C#N)ccc32)cc1-c1ccc(C#N)cc1. The van der Waals surface area contributed by atoms with Gasteiger partial charge in [-0.25, -0.2) is 9.83 Å². The number of aromatic nitrogens is 3. The zero-order valence-corrected chi connectivity index (χ0v) is 23.2. The lowest BCUT2D eigenvalue weighted by molar-refractivity contribution is 1.06. The molecule has 8 aromatic rings. The molecule has 3 aromatic heterocycles. The molecule has 0 bridgehead atoms. The molecule has 6 nitrogen and oxygen atoms in total. The van der Waals surface area contributed by atoms with E-state index >= 15 is 0 Å². The average molecular weight is 561 g/mol. The summed E-state index contributed by atoms with van der Waals surface area (Å²) in [5.74, 6) is 0.736. The predicted octanol–water partition coefficient (Wildman–Crippen LogP) is 9.24. The Morgan fingerprint density at radius 2 is 1.18 bits per heavy atom. The standard InChI is InChI=1S/C38H20N6/c1-41-27-15-17-35-32(19-27)29-7-2-4-8-33(29)43(35)37-23-42-38(20-30(37)26-13-10-24(21-39)11-14-26)44-34-9-5-3-6-28(34)31-18-25(22-40)12-16-36(31)44/h2-20,23H. The Kier molecular flexibility index (Phi) is 5.53. The van der Waals surface area contributed by atoms with Gasteiger partial charge >= 0.3 is 0 Å². The number of fused-ring (bicyclic) bond motifs is 6. The zero-order valence-electron chi connectivity index (χ0n) is 23.2. The van der Waals surface area contributed by atoms with Gasteiger partial charge in [0.05, 0.1) is 63.8 Å². The van der Waals surface area contributed by atoms with Crippen molar-refractivity contribution in [3.05, 3.63) is 144 Å². The van der Waals surface area contributed by atoms with Crippen LogP contribution in [0.2, 0.25) is 0 Å². The second kappa shape index (κ2) is 9.71. The molecule has 6 heteroatoms. The van der Waals surface area contributed by atoms with Crippen LogP contribution in [0.4, 0.5) is 5.69 Å². The van der Waals surface area contributed by atoms with Crippen molar-refractivity contribution in [2.75, 3.05) is 0 Å². The summed E-state index contributed by atoms with van der Waals surface area (Å²) in [5, 5.41) is 23.2. The van der Waals surface area contributed by atoms with Crippen LogP contribution in [0.15, 0.2) is 121 Å². The third kappa shape index (κ3) is 3.68. The van der Waals surface area contributed by atoms with Gasteiger partial charge in [0, 0.05) is 21.7 Å². The fraction of sp³-hybridized carbons (Fsp3) is 0. The van der Waals surface area contributed by atoms with Gasteiger partial charge in [-0.1, -0.05) is 54.6 Å². The van der Waals surface area contributed by atoms with Crippen LogP contribution in [-0.2, 0) is 0 Å². The maximum absolute atomic E-state index is 9.59. The fourth-order valence-corrected chi connectivity index (χ4v) is 6.27. The molecule has 202 valence electrons. The lowest BCUT2D eigenvalue weighted by Gasteiger charge is -2.16. The number of rotatable bonds is 3. The predicted molar refractivity (Wildman–Crippen MR) is 174 cm³/mol. The van der Waals surface area contributed by atoms with Crippen molar-refractivity contribution >= 4 is 49.3 Å². The minimum atomic E-state index is 0.587. The Bertz CT molecular complexity index is 2580. The lowest BCUT2D eigenvalue weighted by Crippen LogP contribution is -2.03. The van der Waals surface area contributed by atoms with E-state index in [2.05, 4.69) is 56.4 Å². The van der Waals surface area contributed by atoms with Gasteiger partial charge in [0.25, 0.3) is 0 Å². The van der Waals surface area contributed by atoms with E-state index in [9.17, 15) is 10.5 Å². The van der Waals surface area contributed by atoms with E-state index in [4.69, 9.17) is 11.6 Å². The maximum Gasteiger partial charge on any atom is 0.188 e. The molecule has 0 unspecified atom stereocenters. The van der Waals surface area contributed by atoms with E-state index in [1.165, 1.54) is 0 Å². The van der Waals surface area contributed by atoms with Gasteiger partial charge < -0.3 is 4.57 Å². The normalized spacial score (nSPS) is 11.1. The van der Waals surface area contributed by atoms with Gasteiger partial charge in [-0.2, -0.15) is 10.5 Å². The molecule has 0 aliphatic carbocycles. The summed E-state index contributed by atoms with van der Waals surface area (Å²) in [6, 6.07) is 42.1. The van der Waals surface area contributed by atoms with Gasteiger partial charge in [0.1, 0.15) is 5.82 Å². The average Bonchev–Trinajstić information content (AvgIpc) is 3.60. The molecular weight excluding hydrogens is 540 g/mol. The smallest absolute Gasteiger partial charge is 0.188 e. The van der Waals surface area contributed by atoms with Crippen LogP contribution in [0.1, 0.15) is 11.1 Å². The molecule has 0 fully saturated rings. The van der Waals surface area contributed by atoms with Crippen molar-refractivity contribution in [3.63, 3.8) is 0 Å². The monoisotopic (exact) mass is 560 g/mol. The molecule has 0 spiro atoms. The Morgan fingerprint density at radius 3 is 1.89 bits per heavy atom. The van der Waals surface area contributed by atoms with Crippen molar-refractivity contribution in [2.45, 2.75) is 0 Å². The van der Waals surface area contributed by atoms with Gasteiger partial charge in [-0.05, 0) is 71.6 Å². The highest BCUT2D eigenvalue weighted by Crippen LogP contribution is 2.39. The van der Waals surface area contributed by atoms with Gasteiger partial charge in [-0.15, -0.1) is 0 Å². The molecule has 0 radical (unpaired) electrons. The zero-order chi connectivity index (χ0) is 29.8. The Morgan fingerprint density at radius 1 is 0.591 bits per heavy atom. The first kappa shape index (κ1) is 25.1. The van der Waals surface area contributed by atoms with Crippen molar-refractivity contribution in [3.8, 4) is 34.8 Å². The van der Waals surface area contributed by atoms with E-state index in [1.807, 2.05) is 91.1 Å². The van der Waals surface area contributed by atoms with Crippen LogP contribution in [0.25, 0.3) is 71.1 Å². The van der Waals surface area contributed by atoms with Crippen molar-refractivity contribution in [2.24, 2.45) is 0 Å². The van der Waals surface area contributed by atoms with E-state index < -0.39 is 0 Å². The summed E-state index contributed by atoms with van der Waals surface area (Å²) >= 11 is 0. The Balaban J connectivity index is 1.46. The number of para-hydroxylation sites is 2. The number of hydrogen-bond donors (Lipinski definition) is 0. The quantitative estimate of drug-likeness (QED) is 0.202. The Labute approximate surface area is 252 Å². The summed E-state index contributed by atoms with van der Waals surface area (Å²) in [5.41, 5.74) is 8.49. The largest absolute Gasteiger partial charge is 0.307 e. The van der Waals surface area contributed by atoms with Crippen LogP contribution in [0.5, 0.6) is 0 Å². The molecular formula is C38H20N6. The second-order valence-corrected chi connectivity index (χ2v) is 10.6. The maximum atomic E-state index is 9.59. The molecule has 5 aromatic carbocycles. The number of nitrogens with zero attached hydrogens (tertiary/aromatic N) is 6. The van der Waals surface area contributed by atoms with E-state index in [-0.39, 0.29) is 0 Å². The summed E-state index contributed by atoms with van der Waals surface area (Å²) in [4.78, 5) is 8.74. The van der Waals surface area contributed by atoms with Crippen molar-refractivity contribution < 1.29 is 0 Å². The fourth-order valence-electron chi connectivity index (χ4n) is 6.27. The van der Waals surface area contributed by atoms with Crippen LogP contribution < -0.4 is 0 Å². The van der Waals surface area contributed by atoms with Gasteiger partial charge in [0.2, 0.25) is 0 Å². The summed E-state index contributed by atoms with van der Waals surface area (Å²) in [6.07, 6.45) is 1.90.